The first-order valence-corrected chi connectivity index (χ1v) is 10.6. The molecule has 0 amide bonds. The molecule has 3 aromatic rings. The molecule has 1 aromatic heterocycles. The van der Waals surface area contributed by atoms with E-state index in [1.54, 1.807) is 36.4 Å². The third-order valence-corrected chi connectivity index (χ3v) is 5.14. The molecule has 0 aliphatic carbocycles. The van der Waals surface area contributed by atoms with Gasteiger partial charge in [-0.05, 0) is 67.6 Å². The molecule has 0 saturated heterocycles. The Hall–Kier alpha value is -3.17. The average molecular weight is 477 g/mol. The standard InChI is InChI=1S/C22H21ClN2O6S/c1-12(2)30-17-7-5-13(9-18(17)29-4)10-19(21(26)27)32-22-25-24-20(31-22)15-11-14(23)6-8-16(15)28-3/h5-12H,1-4H3,(H,26,27)/b19-10-. The quantitative estimate of drug-likeness (QED) is 0.320. The van der Waals surface area contributed by atoms with Gasteiger partial charge >= 0.3 is 5.97 Å². The van der Waals surface area contributed by atoms with E-state index >= 15 is 0 Å². The maximum absolute atomic E-state index is 11.8. The van der Waals surface area contributed by atoms with Crippen molar-refractivity contribution in [3.63, 3.8) is 0 Å². The molecule has 10 heteroatoms. The zero-order chi connectivity index (χ0) is 23.3. The zero-order valence-corrected chi connectivity index (χ0v) is 19.4. The first kappa shape index (κ1) is 23.5. The van der Waals surface area contributed by atoms with Gasteiger partial charge in [0, 0.05) is 5.02 Å². The van der Waals surface area contributed by atoms with Crippen LogP contribution in [-0.4, -0.2) is 41.6 Å². The van der Waals surface area contributed by atoms with Gasteiger partial charge in [-0.1, -0.05) is 17.7 Å². The van der Waals surface area contributed by atoms with Gasteiger partial charge in [0.05, 0.1) is 25.9 Å². The van der Waals surface area contributed by atoms with Crippen molar-refractivity contribution in [3.8, 4) is 28.7 Å². The van der Waals surface area contributed by atoms with E-state index in [1.807, 2.05) is 13.8 Å². The second kappa shape index (κ2) is 10.4. The predicted octanol–water partition coefficient (Wildman–Crippen LogP) is 5.41. The molecule has 3 rings (SSSR count). The molecule has 1 N–H and O–H groups in total. The van der Waals surface area contributed by atoms with E-state index in [2.05, 4.69) is 10.2 Å². The highest BCUT2D eigenvalue weighted by atomic mass is 35.5. The van der Waals surface area contributed by atoms with Gasteiger partial charge in [0.25, 0.3) is 11.1 Å². The van der Waals surface area contributed by atoms with Crippen molar-refractivity contribution in [1.29, 1.82) is 0 Å². The molecule has 32 heavy (non-hydrogen) atoms. The Morgan fingerprint density at radius 2 is 1.81 bits per heavy atom. The lowest BCUT2D eigenvalue weighted by Gasteiger charge is -2.13. The Morgan fingerprint density at radius 1 is 1.09 bits per heavy atom. The van der Waals surface area contributed by atoms with Crippen molar-refractivity contribution < 1.29 is 28.5 Å². The molecule has 0 fully saturated rings. The molecule has 0 aliphatic heterocycles. The SMILES string of the molecule is COc1cc(/C=C(\Sc2nnc(-c3cc(Cl)ccc3OC)o2)C(=O)O)ccc1OC(C)C. The van der Waals surface area contributed by atoms with Gasteiger partial charge in [-0.3, -0.25) is 0 Å². The Bertz CT molecular complexity index is 1150. The molecule has 0 bridgehead atoms. The molecule has 0 aliphatic rings. The van der Waals surface area contributed by atoms with E-state index in [0.717, 1.165) is 11.8 Å². The smallest absolute Gasteiger partial charge is 0.342 e. The van der Waals surface area contributed by atoms with Gasteiger partial charge < -0.3 is 23.7 Å². The number of benzene rings is 2. The fourth-order valence-corrected chi connectivity index (χ4v) is 3.56. The van der Waals surface area contributed by atoms with Crippen LogP contribution in [0.1, 0.15) is 19.4 Å². The predicted molar refractivity (Wildman–Crippen MR) is 122 cm³/mol. The van der Waals surface area contributed by atoms with Gasteiger partial charge in [-0.25, -0.2) is 4.79 Å². The molecular weight excluding hydrogens is 456 g/mol. The molecule has 0 unspecified atom stereocenters. The summed E-state index contributed by atoms with van der Waals surface area (Å²) in [5.74, 6) is 0.584. The van der Waals surface area contributed by atoms with Crippen molar-refractivity contribution in [1.82, 2.24) is 10.2 Å². The number of rotatable bonds is 9. The van der Waals surface area contributed by atoms with Crippen molar-refractivity contribution in [2.24, 2.45) is 0 Å². The fraction of sp³-hybridized carbons (Fsp3) is 0.227. The van der Waals surface area contributed by atoms with Crippen molar-refractivity contribution in [3.05, 3.63) is 51.9 Å². The Morgan fingerprint density at radius 3 is 2.47 bits per heavy atom. The van der Waals surface area contributed by atoms with Crippen molar-refractivity contribution in [2.75, 3.05) is 14.2 Å². The Balaban J connectivity index is 1.88. The summed E-state index contributed by atoms with van der Waals surface area (Å²) in [5, 5.41) is 18.1. The highest BCUT2D eigenvalue weighted by Crippen LogP contribution is 2.36. The van der Waals surface area contributed by atoms with Crippen LogP contribution in [0.5, 0.6) is 17.2 Å². The number of hydrogen-bond donors (Lipinski definition) is 1. The number of ether oxygens (including phenoxy) is 3. The molecule has 0 radical (unpaired) electrons. The van der Waals surface area contributed by atoms with E-state index in [4.69, 9.17) is 30.2 Å². The first-order chi connectivity index (χ1) is 15.3. The zero-order valence-electron chi connectivity index (χ0n) is 17.8. The van der Waals surface area contributed by atoms with Crippen LogP contribution in [0, 0.1) is 0 Å². The van der Waals surface area contributed by atoms with Crippen LogP contribution in [0.15, 0.2) is 50.9 Å². The largest absolute Gasteiger partial charge is 0.496 e. The molecular formula is C22H21ClN2O6S. The molecule has 0 saturated carbocycles. The van der Waals surface area contributed by atoms with Crippen LogP contribution in [0.4, 0.5) is 0 Å². The molecule has 8 nitrogen and oxygen atoms in total. The van der Waals surface area contributed by atoms with Gasteiger partial charge in [0.15, 0.2) is 11.5 Å². The van der Waals surface area contributed by atoms with Gasteiger partial charge in [0.1, 0.15) is 10.7 Å². The van der Waals surface area contributed by atoms with E-state index in [9.17, 15) is 9.90 Å². The van der Waals surface area contributed by atoms with Crippen LogP contribution in [0.3, 0.4) is 0 Å². The average Bonchev–Trinajstić information content (AvgIpc) is 3.22. The van der Waals surface area contributed by atoms with Crippen LogP contribution >= 0.6 is 23.4 Å². The summed E-state index contributed by atoms with van der Waals surface area (Å²) in [6, 6.07) is 10.1. The Kier molecular flexibility index (Phi) is 7.66. The second-order valence-electron chi connectivity index (χ2n) is 6.71. The lowest BCUT2D eigenvalue weighted by molar-refractivity contribution is -0.131. The van der Waals surface area contributed by atoms with E-state index in [0.29, 0.717) is 33.4 Å². The number of aliphatic carboxylic acids is 1. The van der Waals surface area contributed by atoms with Crippen LogP contribution in [0.2, 0.25) is 5.02 Å². The number of thioether (sulfide) groups is 1. The third-order valence-electron chi connectivity index (χ3n) is 4.05. The van der Waals surface area contributed by atoms with E-state index < -0.39 is 5.97 Å². The van der Waals surface area contributed by atoms with Gasteiger partial charge in [-0.2, -0.15) is 0 Å². The number of hydrogen-bond acceptors (Lipinski definition) is 8. The summed E-state index contributed by atoms with van der Waals surface area (Å²) < 4.78 is 22.0. The van der Waals surface area contributed by atoms with E-state index in [-0.39, 0.29) is 22.1 Å². The number of nitrogens with zero attached hydrogens (tertiary/aromatic N) is 2. The summed E-state index contributed by atoms with van der Waals surface area (Å²) in [4.78, 5) is 11.8. The second-order valence-corrected chi connectivity index (χ2v) is 8.14. The van der Waals surface area contributed by atoms with E-state index in [1.165, 1.54) is 20.3 Å². The monoisotopic (exact) mass is 476 g/mol. The minimum atomic E-state index is -1.14. The topological polar surface area (TPSA) is 104 Å². The minimum Gasteiger partial charge on any atom is -0.496 e. The maximum Gasteiger partial charge on any atom is 0.342 e. The Labute approximate surface area is 194 Å². The van der Waals surface area contributed by atoms with Crippen molar-refractivity contribution >= 4 is 35.4 Å². The lowest BCUT2D eigenvalue weighted by atomic mass is 10.2. The van der Waals surface area contributed by atoms with Gasteiger partial charge in [0.2, 0.25) is 0 Å². The number of carboxylic acid groups (broad SMARTS) is 1. The first-order valence-electron chi connectivity index (χ1n) is 9.45. The highest BCUT2D eigenvalue weighted by Gasteiger charge is 2.19. The summed E-state index contributed by atoms with van der Waals surface area (Å²) in [7, 11) is 3.03. The minimum absolute atomic E-state index is 0.0159. The third kappa shape index (κ3) is 5.74. The number of halogens is 1. The number of methoxy groups -OCH3 is 2. The fourth-order valence-electron chi connectivity index (χ4n) is 2.71. The normalized spacial score (nSPS) is 11.5. The number of carbonyl (C=O) groups is 1. The molecule has 0 spiro atoms. The van der Waals surface area contributed by atoms with Gasteiger partial charge in [-0.15, -0.1) is 10.2 Å². The summed E-state index contributed by atoms with van der Waals surface area (Å²) in [6.45, 7) is 3.81. The lowest BCUT2D eigenvalue weighted by Crippen LogP contribution is -2.06. The van der Waals surface area contributed by atoms with Crippen LogP contribution in [0.25, 0.3) is 17.5 Å². The van der Waals surface area contributed by atoms with Crippen LogP contribution in [-0.2, 0) is 4.79 Å². The maximum atomic E-state index is 11.8. The molecule has 168 valence electrons. The van der Waals surface area contributed by atoms with Crippen molar-refractivity contribution in [2.45, 2.75) is 25.2 Å². The molecule has 1 heterocycles. The summed E-state index contributed by atoms with van der Waals surface area (Å²) in [6.07, 6.45) is 1.46. The summed E-state index contributed by atoms with van der Waals surface area (Å²) >= 11 is 6.88. The van der Waals surface area contributed by atoms with Crippen LogP contribution < -0.4 is 14.2 Å². The summed E-state index contributed by atoms with van der Waals surface area (Å²) in [5.41, 5.74) is 1.12. The molecule has 2 aromatic carbocycles. The molecule has 0 atom stereocenters. The number of carboxylic acids is 1. The highest BCUT2D eigenvalue weighted by molar-refractivity contribution is 8.03. The number of aromatic nitrogens is 2.